The number of hydrogen-bond acceptors (Lipinski definition) is 7. The maximum Gasteiger partial charge on any atom is 0.337 e. The third kappa shape index (κ3) is 5.07. The maximum atomic E-state index is 12.5. The summed E-state index contributed by atoms with van der Waals surface area (Å²) in [5, 5.41) is 14.4. The van der Waals surface area contributed by atoms with E-state index < -0.39 is 12.0 Å². The number of ether oxygens (including phenoxy) is 1. The van der Waals surface area contributed by atoms with Gasteiger partial charge in [0.15, 0.2) is 5.82 Å². The van der Waals surface area contributed by atoms with E-state index in [0.717, 1.165) is 5.56 Å². The van der Waals surface area contributed by atoms with Crippen molar-refractivity contribution in [3.8, 4) is 11.4 Å². The van der Waals surface area contributed by atoms with E-state index in [9.17, 15) is 9.59 Å². The first-order valence-corrected chi connectivity index (χ1v) is 11.6. The number of urea groups is 1. The number of benzene rings is 1. The normalized spacial score (nSPS) is 16.5. The van der Waals surface area contributed by atoms with Crippen LogP contribution in [0.15, 0.2) is 40.7 Å². The lowest BCUT2D eigenvalue weighted by Crippen LogP contribution is -2.50. The van der Waals surface area contributed by atoms with Gasteiger partial charge in [-0.3, -0.25) is 0 Å². The Morgan fingerprint density at radius 1 is 1.22 bits per heavy atom. The van der Waals surface area contributed by atoms with Crippen LogP contribution in [0.3, 0.4) is 0 Å². The molecule has 9 nitrogen and oxygen atoms in total. The van der Waals surface area contributed by atoms with Gasteiger partial charge >= 0.3 is 12.0 Å². The van der Waals surface area contributed by atoms with Crippen LogP contribution in [0, 0.1) is 0 Å². The van der Waals surface area contributed by atoms with E-state index in [1.807, 2.05) is 19.1 Å². The molecule has 10 heteroatoms. The largest absolute Gasteiger partial charge is 0.463 e. The number of aromatic nitrogens is 3. The number of nitrogens with two attached hydrogens (primary N) is 1. The monoisotopic (exact) mass is 458 g/mol. The molecule has 1 aromatic heterocycles. The second-order valence-corrected chi connectivity index (χ2v) is 9.41. The van der Waals surface area contributed by atoms with Gasteiger partial charge in [-0.2, -0.15) is 0 Å². The number of nitrogens with zero attached hydrogens (tertiary/aromatic N) is 3. The second-order valence-electron chi connectivity index (χ2n) is 8.46. The van der Waals surface area contributed by atoms with Crippen molar-refractivity contribution in [2.45, 2.75) is 57.7 Å². The van der Waals surface area contributed by atoms with Crippen molar-refractivity contribution in [3.63, 3.8) is 0 Å². The van der Waals surface area contributed by atoms with Gasteiger partial charge in [0.25, 0.3) is 0 Å². The highest BCUT2D eigenvalue weighted by Crippen LogP contribution is 2.28. The minimum atomic E-state index is -0.448. The number of esters is 1. The van der Waals surface area contributed by atoms with E-state index in [0.29, 0.717) is 28.7 Å². The minimum Gasteiger partial charge on any atom is -0.463 e. The lowest BCUT2D eigenvalue weighted by Gasteiger charge is -2.28. The molecule has 0 spiro atoms. The molecule has 32 heavy (non-hydrogen) atoms. The molecular formula is C22H30N6O3S. The number of nitrogen functional groups attached to an aromatic ring is 1. The Morgan fingerprint density at radius 3 is 2.50 bits per heavy atom. The van der Waals surface area contributed by atoms with Gasteiger partial charge in [0.05, 0.1) is 18.2 Å². The summed E-state index contributed by atoms with van der Waals surface area (Å²) in [7, 11) is 0. The van der Waals surface area contributed by atoms with Gasteiger partial charge in [-0.15, -0.1) is 10.2 Å². The molecule has 0 saturated carbocycles. The van der Waals surface area contributed by atoms with Crippen LogP contribution in [0.2, 0.25) is 0 Å². The van der Waals surface area contributed by atoms with Crippen molar-refractivity contribution in [1.82, 2.24) is 25.5 Å². The summed E-state index contributed by atoms with van der Waals surface area (Å²) in [5.41, 5.74) is 3.03. The molecule has 4 N–H and O–H groups in total. The Labute approximate surface area is 192 Å². The topological polar surface area (TPSA) is 124 Å². The molecule has 1 aliphatic heterocycles. The Bertz CT molecular complexity index is 1020. The molecule has 1 aliphatic rings. The van der Waals surface area contributed by atoms with Crippen LogP contribution in [0.25, 0.3) is 11.4 Å². The van der Waals surface area contributed by atoms with Gasteiger partial charge in [0.2, 0.25) is 5.16 Å². The minimum absolute atomic E-state index is 0.0515. The van der Waals surface area contributed by atoms with E-state index in [1.165, 1.54) is 22.0 Å². The van der Waals surface area contributed by atoms with Crippen molar-refractivity contribution in [2.24, 2.45) is 0 Å². The van der Waals surface area contributed by atoms with E-state index in [4.69, 9.17) is 10.6 Å². The molecule has 1 aromatic carbocycles. The van der Waals surface area contributed by atoms with Crippen LogP contribution in [0.5, 0.6) is 0 Å². The van der Waals surface area contributed by atoms with Crippen LogP contribution >= 0.6 is 11.8 Å². The zero-order chi connectivity index (χ0) is 23.5. The van der Waals surface area contributed by atoms with Gasteiger partial charge in [-0.25, -0.2) is 14.3 Å². The summed E-state index contributed by atoms with van der Waals surface area (Å²) in [5.74, 6) is 6.64. The smallest absolute Gasteiger partial charge is 0.337 e. The number of thioether (sulfide) groups is 1. The maximum absolute atomic E-state index is 12.5. The predicted octanol–water partition coefficient (Wildman–Crippen LogP) is 2.96. The summed E-state index contributed by atoms with van der Waals surface area (Å²) >= 11 is 1.29. The number of carbonyl (C=O) groups is 2. The SMILES string of the molecule is CCOC(=O)C1=C(CSc2nnc(-c3ccc(C(C)(C)C)cc3)n2N)NC(=O)NC1CC. The average Bonchev–Trinajstić information content (AvgIpc) is 3.11. The molecule has 2 aromatic rings. The summed E-state index contributed by atoms with van der Waals surface area (Å²) < 4.78 is 6.61. The van der Waals surface area contributed by atoms with Crippen molar-refractivity contribution < 1.29 is 14.3 Å². The first-order valence-electron chi connectivity index (χ1n) is 10.6. The molecule has 2 amide bonds. The Balaban J connectivity index is 1.82. The van der Waals surface area contributed by atoms with Crippen LogP contribution in [0.1, 0.15) is 46.6 Å². The first kappa shape index (κ1) is 23.6. The fourth-order valence-electron chi connectivity index (χ4n) is 3.40. The Hall–Kier alpha value is -3.01. The predicted molar refractivity (Wildman–Crippen MR) is 124 cm³/mol. The average molecular weight is 459 g/mol. The van der Waals surface area contributed by atoms with Gasteiger partial charge in [0.1, 0.15) is 0 Å². The molecular weight excluding hydrogens is 428 g/mol. The summed E-state index contributed by atoms with van der Waals surface area (Å²) in [6.07, 6.45) is 0.567. The molecule has 0 bridgehead atoms. The van der Waals surface area contributed by atoms with Crippen LogP contribution < -0.4 is 16.5 Å². The van der Waals surface area contributed by atoms with Gasteiger partial charge < -0.3 is 21.2 Å². The molecule has 3 rings (SSSR count). The molecule has 0 fully saturated rings. The second kappa shape index (κ2) is 9.64. The van der Waals surface area contributed by atoms with E-state index in [2.05, 4.69) is 53.7 Å². The van der Waals surface area contributed by atoms with E-state index in [-0.39, 0.29) is 23.8 Å². The van der Waals surface area contributed by atoms with Gasteiger partial charge in [0, 0.05) is 17.0 Å². The summed E-state index contributed by atoms with van der Waals surface area (Å²) in [6, 6.07) is 7.30. The highest BCUT2D eigenvalue weighted by molar-refractivity contribution is 7.99. The first-order chi connectivity index (χ1) is 15.2. The van der Waals surface area contributed by atoms with Crippen LogP contribution in [-0.4, -0.2) is 45.3 Å². The highest BCUT2D eigenvalue weighted by Gasteiger charge is 2.31. The van der Waals surface area contributed by atoms with Crippen molar-refractivity contribution in [2.75, 3.05) is 18.2 Å². The van der Waals surface area contributed by atoms with E-state index >= 15 is 0 Å². The number of rotatable bonds is 7. The lowest BCUT2D eigenvalue weighted by molar-refractivity contribution is -0.139. The highest BCUT2D eigenvalue weighted by atomic mass is 32.2. The molecule has 2 heterocycles. The van der Waals surface area contributed by atoms with Crippen molar-refractivity contribution in [3.05, 3.63) is 41.1 Å². The standard InChI is InChI=1S/C22H30N6O3S/c1-6-15-17(19(29)31-7-2)16(25-20(30)24-15)12-32-21-27-26-18(28(21)23)13-8-10-14(11-9-13)22(3,4)5/h8-11,15H,6-7,12,23H2,1-5H3,(H2,24,25,30). The van der Waals surface area contributed by atoms with Gasteiger partial charge in [-0.05, 0) is 24.3 Å². The number of carbonyl (C=O) groups excluding carboxylic acids is 2. The third-order valence-electron chi connectivity index (χ3n) is 5.17. The quantitative estimate of drug-likeness (QED) is 0.331. The fourth-order valence-corrected chi connectivity index (χ4v) is 4.23. The van der Waals surface area contributed by atoms with Gasteiger partial charge in [-0.1, -0.05) is 63.7 Å². The Kier molecular flexibility index (Phi) is 7.12. The van der Waals surface area contributed by atoms with E-state index in [1.54, 1.807) is 6.92 Å². The molecule has 0 saturated heterocycles. The van der Waals surface area contributed by atoms with Crippen molar-refractivity contribution in [1.29, 1.82) is 0 Å². The molecule has 0 radical (unpaired) electrons. The zero-order valence-electron chi connectivity index (χ0n) is 19.1. The zero-order valence-corrected chi connectivity index (χ0v) is 19.9. The summed E-state index contributed by atoms with van der Waals surface area (Å²) in [6.45, 7) is 10.4. The molecule has 1 atom stereocenters. The third-order valence-corrected chi connectivity index (χ3v) is 6.14. The summed E-state index contributed by atoms with van der Waals surface area (Å²) in [4.78, 5) is 24.6. The fraction of sp³-hybridized carbons (Fsp3) is 0.455. The van der Waals surface area contributed by atoms with Crippen LogP contribution in [-0.2, 0) is 14.9 Å². The molecule has 1 unspecified atom stereocenters. The lowest BCUT2D eigenvalue weighted by atomic mass is 9.87. The number of nitrogens with one attached hydrogen (secondary N) is 2. The number of amides is 2. The Morgan fingerprint density at radius 2 is 1.91 bits per heavy atom. The van der Waals surface area contributed by atoms with Crippen molar-refractivity contribution >= 4 is 23.8 Å². The molecule has 172 valence electrons. The molecule has 0 aliphatic carbocycles. The number of hydrogen-bond donors (Lipinski definition) is 3. The van der Waals surface area contributed by atoms with Crippen LogP contribution in [0.4, 0.5) is 4.79 Å².